The molecule has 2 saturated heterocycles. The molecule has 4 heteroatoms. The average Bonchev–Trinajstić information content (AvgIpc) is 2.66. The number of benzene rings is 2. The van der Waals surface area contributed by atoms with Gasteiger partial charge in [0.1, 0.15) is 0 Å². The standard InChI is InChI=1S/C22H26N2O2/c25-16-26-22(17-7-2-1-3-8-17)24-14-6-9-18(15-24)19-10-4-5-11-20(19)21-12-13-23-21/h1-5,7-8,10-11,16,18,21-23H,6,9,12-15H2. The van der Waals surface area contributed by atoms with E-state index in [1.54, 1.807) is 0 Å². The Hall–Kier alpha value is -2.17. The first-order valence-electron chi connectivity index (χ1n) is 9.57. The van der Waals surface area contributed by atoms with Gasteiger partial charge in [0.05, 0.1) is 0 Å². The van der Waals surface area contributed by atoms with E-state index in [2.05, 4.69) is 34.5 Å². The lowest BCUT2D eigenvalue weighted by molar-refractivity contribution is -0.145. The van der Waals surface area contributed by atoms with Gasteiger partial charge in [0.2, 0.25) is 0 Å². The van der Waals surface area contributed by atoms with Crippen LogP contribution in [0.2, 0.25) is 0 Å². The number of rotatable bonds is 6. The molecule has 4 nitrogen and oxygen atoms in total. The Morgan fingerprint density at radius 2 is 1.77 bits per heavy atom. The molecule has 3 unspecified atom stereocenters. The summed E-state index contributed by atoms with van der Waals surface area (Å²) in [6, 6.07) is 19.4. The predicted molar refractivity (Wildman–Crippen MR) is 102 cm³/mol. The fraction of sp³-hybridized carbons (Fsp3) is 0.409. The van der Waals surface area contributed by atoms with Crippen LogP contribution in [0.25, 0.3) is 0 Å². The Kier molecular flexibility index (Phi) is 5.32. The van der Waals surface area contributed by atoms with Gasteiger partial charge in [-0.1, -0.05) is 54.6 Å². The molecule has 2 aromatic carbocycles. The fourth-order valence-corrected chi connectivity index (χ4v) is 4.27. The Bertz CT molecular complexity index is 730. The third-order valence-electron chi connectivity index (χ3n) is 5.69. The topological polar surface area (TPSA) is 41.6 Å². The smallest absolute Gasteiger partial charge is 0.294 e. The van der Waals surface area contributed by atoms with Gasteiger partial charge in [-0.3, -0.25) is 9.69 Å². The van der Waals surface area contributed by atoms with Crippen molar-refractivity contribution in [3.05, 3.63) is 71.3 Å². The van der Waals surface area contributed by atoms with Crippen LogP contribution in [0.15, 0.2) is 54.6 Å². The summed E-state index contributed by atoms with van der Waals surface area (Å²) < 4.78 is 5.49. The molecular formula is C22H26N2O2. The normalized spacial score (nSPS) is 24.5. The first-order valence-corrected chi connectivity index (χ1v) is 9.57. The monoisotopic (exact) mass is 350 g/mol. The second kappa shape index (κ2) is 8.02. The highest BCUT2D eigenvalue weighted by Crippen LogP contribution is 2.37. The zero-order chi connectivity index (χ0) is 17.8. The molecule has 0 saturated carbocycles. The van der Waals surface area contributed by atoms with Gasteiger partial charge < -0.3 is 10.1 Å². The van der Waals surface area contributed by atoms with Gasteiger partial charge in [-0.25, -0.2) is 0 Å². The minimum atomic E-state index is -0.300. The van der Waals surface area contributed by atoms with E-state index in [0.717, 1.165) is 31.6 Å². The van der Waals surface area contributed by atoms with Crippen LogP contribution in [-0.2, 0) is 9.53 Å². The second-order valence-corrected chi connectivity index (χ2v) is 7.25. The molecule has 2 aliphatic heterocycles. The van der Waals surface area contributed by atoms with Gasteiger partial charge in [0, 0.05) is 24.7 Å². The van der Waals surface area contributed by atoms with Crippen molar-refractivity contribution in [2.75, 3.05) is 19.6 Å². The van der Waals surface area contributed by atoms with Crippen molar-refractivity contribution < 1.29 is 9.53 Å². The van der Waals surface area contributed by atoms with Gasteiger partial charge in [-0.05, 0) is 42.9 Å². The Labute approximate surface area is 155 Å². The van der Waals surface area contributed by atoms with Crippen LogP contribution in [0, 0.1) is 0 Å². The number of nitrogens with one attached hydrogen (secondary N) is 1. The molecule has 2 heterocycles. The molecule has 1 N–H and O–H groups in total. The van der Waals surface area contributed by atoms with E-state index in [0.29, 0.717) is 18.4 Å². The van der Waals surface area contributed by atoms with Crippen LogP contribution in [0.1, 0.15) is 54.1 Å². The molecule has 26 heavy (non-hydrogen) atoms. The number of carbonyl (C=O) groups excluding carboxylic acids is 1. The first-order chi connectivity index (χ1) is 12.9. The van der Waals surface area contributed by atoms with Crippen molar-refractivity contribution in [1.29, 1.82) is 0 Å². The molecule has 2 fully saturated rings. The van der Waals surface area contributed by atoms with Crippen LogP contribution >= 0.6 is 0 Å². The van der Waals surface area contributed by atoms with E-state index in [-0.39, 0.29) is 6.23 Å². The van der Waals surface area contributed by atoms with E-state index < -0.39 is 0 Å². The average molecular weight is 350 g/mol. The minimum Gasteiger partial charge on any atom is -0.444 e. The third-order valence-corrected chi connectivity index (χ3v) is 5.69. The van der Waals surface area contributed by atoms with Crippen LogP contribution < -0.4 is 5.32 Å². The van der Waals surface area contributed by atoms with Crippen LogP contribution in [0.3, 0.4) is 0 Å². The number of ether oxygens (including phenoxy) is 1. The lowest BCUT2D eigenvalue weighted by Crippen LogP contribution is -2.40. The van der Waals surface area contributed by atoms with Crippen LogP contribution in [-0.4, -0.2) is 31.0 Å². The highest BCUT2D eigenvalue weighted by molar-refractivity contribution is 5.39. The molecule has 3 atom stereocenters. The van der Waals surface area contributed by atoms with Crippen molar-refractivity contribution in [2.24, 2.45) is 0 Å². The molecular weight excluding hydrogens is 324 g/mol. The summed E-state index contributed by atoms with van der Waals surface area (Å²) in [4.78, 5) is 13.4. The zero-order valence-electron chi connectivity index (χ0n) is 15.0. The van der Waals surface area contributed by atoms with Crippen molar-refractivity contribution in [3.8, 4) is 0 Å². The lowest BCUT2D eigenvalue weighted by Gasteiger charge is -2.39. The van der Waals surface area contributed by atoms with Crippen molar-refractivity contribution >= 4 is 6.47 Å². The molecule has 2 aliphatic rings. The Morgan fingerprint density at radius 1 is 1.04 bits per heavy atom. The Morgan fingerprint density at radius 3 is 2.46 bits per heavy atom. The van der Waals surface area contributed by atoms with Gasteiger partial charge in [-0.2, -0.15) is 0 Å². The predicted octanol–water partition coefficient (Wildman–Crippen LogP) is 3.77. The number of hydrogen-bond donors (Lipinski definition) is 1. The molecule has 2 aromatic rings. The number of nitrogens with zero attached hydrogens (tertiary/aromatic N) is 1. The number of likely N-dealkylation sites (tertiary alicyclic amines) is 1. The maximum atomic E-state index is 11.1. The summed E-state index contributed by atoms with van der Waals surface area (Å²) in [6.45, 7) is 3.55. The molecule has 0 radical (unpaired) electrons. The summed E-state index contributed by atoms with van der Waals surface area (Å²) in [5, 5.41) is 3.54. The molecule has 0 bridgehead atoms. The molecule has 136 valence electrons. The summed E-state index contributed by atoms with van der Waals surface area (Å²) in [6.07, 6.45) is 3.21. The van der Waals surface area contributed by atoms with Crippen molar-refractivity contribution in [3.63, 3.8) is 0 Å². The number of carbonyl (C=O) groups is 1. The Balaban J connectivity index is 1.56. The highest BCUT2D eigenvalue weighted by atomic mass is 16.5. The van der Waals surface area contributed by atoms with Gasteiger partial charge in [-0.15, -0.1) is 0 Å². The summed E-state index contributed by atoms with van der Waals surface area (Å²) in [5.74, 6) is 0.476. The molecule has 0 aromatic heterocycles. The quantitative estimate of drug-likeness (QED) is 0.805. The van der Waals surface area contributed by atoms with Gasteiger partial charge in [0.25, 0.3) is 6.47 Å². The maximum Gasteiger partial charge on any atom is 0.294 e. The van der Waals surface area contributed by atoms with E-state index in [1.165, 1.54) is 24.0 Å². The number of piperidine rings is 1. The van der Waals surface area contributed by atoms with Crippen LogP contribution in [0.4, 0.5) is 0 Å². The van der Waals surface area contributed by atoms with E-state index in [9.17, 15) is 4.79 Å². The minimum absolute atomic E-state index is 0.300. The molecule has 0 aliphatic carbocycles. The SMILES string of the molecule is O=COC(c1ccccc1)N1CCCC(c2ccccc2C2CCN2)C1. The van der Waals surface area contributed by atoms with Gasteiger partial charge >= 0.3 is 0 Å². The summed E-state index contributed by atoms with van der Waals surface area (Å²) in [5.41, 5.74) is 3.93. The summed E-state index contributed by atoms with van der Waals surface area (Å²) >= 11 is 0. The lowest BCUT2D eigenvalue weighted by atomic mass is 9.83. The van der Waals surface area contributed by atoms with E-state index >= 15 is 0 Å². The fourth-order valence-electron chi connectivity index (χ4n) is 4.27. The summed E-state index contributed by atoms with van der Waals surface area (Å²) in [7, 11) is 0. The van der Waals surface area contributed by atoms with E-state index in [1.807, 2.05) is 30.3 Å². The second-order valence-electron chi connectivity index (χ2n) is 7.25. The maximum absolute atomic E-state index is 11.1. The largest absolute Gasteiger partial charge is 0.444 e. The van der Waals surface area contributed by atoms with Gasteiger partial charge in [0.15, 0.2) is 6.23 Å². The third kappa shape index (κ3) is 3.53. The molecule has 4 rings (SSSR count). The molecule has 0 amide bonds. The molecule has 0 spiro atoms. The number of hydrogen-bond acceptors (Lipinski definition) is 4. The van der Waals surface area contributed by atoms with E-state index in [4.69, 9.17) is 4.74 Å². The van der Waals surface area contributed by atoms with Crippen LogP contribution in [0.5, 0.6) is 0 Å². The van der Waals surface area contributed by atoms with Crippen molar-refractivity contribution in [2.45, 2.75) is 37.5 Å². The highest BCUT2D eigenvalue weighted by Gasteiger charge is 2.31. The van der Waals surface area contributed by atoms with Crippen molar-refractivity contribution in [1.82, 2.24) is 10.2 Å². The first kappa shape index (κ1) is 17.3. The zero-order valence-corrected chi connectivity index (χ0v) is 15.0.